The molecule has 0 aliphatic rings. The van der Waals surface area contributed by atoms with Crippen molar-refractivity contribution in [3.05, 3.63) is 33.7 Å². The molecule has 0 amide bonds. The number of rotatable bonds is 2. The van der Waals surface area contributed by atoms with Gasteiger partial charge in [0.15, 0.2) is 0 Å². The van der Waals surface area contributed by atoms with E-state index in [2.05, 4.69) is 6.92 Å². The molecule has 0 saturated heterocycles. The summed E-state index contributed by atoms with van der Waals surface area (Å²) in [6, 6.07) is 1.88. The van der Waals surface area contributed by atoms with E-state index in [-0.39, 0.29) is 5.56 Å². The quantitative estimate of drug-likeness (QED) is 0.691. The van der Waals surface area contributed by atoms with Crippen LogP contribution in [0.1, 0.15) is 18.1 Å². The van der Waals surface area contributed by atoms with Crippen molar-refractivity contribution >= 4 is 0 Å². The van der Waals surface area contributed by atoms with Crippen LogP contribution in [0.25, 0.3) is 0 Å². The van der Waals surface area contributed by atoms with Crippen LogP contribution >= 0.6 is 0 Å². The van der Waals surface area contributed by atoms with Gasteiger partial charge in [-0.25, -0.2) is 0 Å². The van der Waals surface area contributed by atoms with Gasteiger partial charge in [-0.2, -0.15) is 0 Å². The zero-order chi connectivity index (χ0) is 9.14. The maximum atomic E-state index is 11.4. The van der Waals surface area contributed by atoms with Crippen molar-refractivity contribution < 1.29 is 0 Å². The van der Waals surface area contributed by atoms with Gasteiger partial charge in [0.2, 0.25) is 0 Å². The van der Waals surface area contributed by atoms with Crippen LogP contribution in [0.3, 0.4) is 0 Å². The summed E-state index contributed by atoms with van der Waals surface area (Å²) in [4.78, 5) is 11.4. The molecular formula is C9H14N2O. The minimum absolute atomic E-state index is 0.00898. The van der Waals surface area contributed by atoms with Gasteiger partial charge < -0.3 is 10.3 Å². The average Bonchev–Trinajstić information content (AvgIpc) is 2.09. The molecule has 2 N–H and O–H groups in total. The molecule has 1 aromatic heterocycles. The largest absolute Gasteiger partial charge is 0.326 e. The monoisotopic (exact) mass is 166 g/mol. The molecule has 3 heteroatoms. The van der Waals surface area contributed by atoms with Crippen molar-refractivity contribution in [2.24, 2.45) is 12.8 Å². The number of hydrogen-bond donors (Lipinski definition) is 1. The highest BCUT2D eigenvalue weighted by molar-refractivity contribution is 5.18. The number of pyridine rings is 1. The Morgan fingerprint density at radius 2 is 2.25 bits per heavy atom. The van der Waals surface area contributed by atoms with Gasteiger partial charge in [-0.1, -0.05) is 6.92 Å². The summed E-state index contributed by atoms with van der Waals surface area (Å²) in [5.41, 5.74) is 7.28. The van der Waals surface area contributed by atoms with Crippen LogP contribution in [0, 0.1) is 0 Å². The van der Waals surface area contributed by atoms with E-state index in [9.17, 15) is 4.79 Å². The molecule has 0 aromatic carbocycles. The van der Waals surface area contributed by atoms with Gasteiger partial charge in [-0.05, 0) is 18.1 Å². The molecule has 1 aromatic rings. The van der Waals surface area contributed by atoms with E-state index >= 15 is 0 Å². The van der Waals surface area contributed by atoms with E-state index < -0.39 is 0 Å². The first-order valence-corrected chi connectivity index (χ1v) is 4.07. The van der Waals surface area contributed by atoms with E-state index in [0.717, 1.165) is 12.0 Å². The molecule has 0 aliphatic carbocycles. The van der Waals surface area contributed by atoms with Crippen LogP contribution in [0.2, 0.25) is 0 Å². The summed E-state index contributed by atoms with van der Waals surface area (Å²) in [7, 11) is 1.75. The van der Waals surface area contributed by atoms with Crippen LogP contribution < -0.4 is 11.3 Å². The predicted octanol–water partition coefficient (Wildman–Crippen LogP) is 0.406. The van der Waals surface area contributed by atoms with Crippen molar-refractivity contribution in [1.29, 1.82) is 0 Å². The Morgan fingerprint density at radius 1 is 1.58 bits per heavy atom. The van der Waals surface area contributed by atoms with Gasteiger partial charge in [0.25, 0.3) is 5.56 Å². The molecule has 12 heavy (non-hydrogen) atoms. The maximum Gasteiger partial charge on any atom is 0.254 e. The average molecular weight is 166 g/mol. The van der Waals surface area contributed by atoms with Crippen LogP contribution in [-0.4, -0.2) is 4.57 Å². The second-order valence-corrected chi connectivity index (χ2v) is 2.85. The smallest absolute Gasteiger partial charge is 0.254 e. The first kappa shape index (κ1) is 9.00. The highest BCUT2D eigenvalue weighted by Gasteiger charge is 2.00. The second-order valence-electron chi connectivity index (χ2n) is 2.85. The molecule has 0 radical (unpaired) electrons. The Labute approximate surface area is 71.8 Å². The Balaban J connectivity index is 3.29. The van der Waals surface area contributed by atoms with Crippen molar-refractivity contribution in [3.8, 4) is 0 Å². The highest BCUT2D eigenvalue weighted by atomic mass is 16.1. The van der Waals surface area contributed by atoms with E-state index in [4.69, 9.17) is 5.73 Å². The van der Waals surface area contributed by atoms with Crippen molar-refractivity contribution in [2.45, 2.75) is 19.9 Å². The van der Waals surface area contributed by atoms with Gasteiger partial charge in [-0.3, -0.25) is 4.79 Å². The predicted molar refractivity (Wildman–Crippen MR) is 49.0 cm³/mol. The van der Waals surface area contributed by atoms with Gasteiger partial charge >= 0.3 is 0 Å². The Bertz CT molecular complexity index is 328. The molecule has 0 atom stereocenters. The zero-order valence-electron chi connectivity index (χ0n) is 7.50. The molecular weight excluding hydrogens is 152 g/mol. The molecule has 0 fully saturated rings. The minimum atomic E-state index is 0.00898. The van der Waals surface area contributed by atoms with Crippen LogP contribution in [0.4, 0.5) is 0 Å². The lowest BCUT2D eigenvalue weighted by molar-refractivity contribution is 0.813. The van der Waals surface area contributed by atoms with E-state index in [1.807, 2.05) is 12.3 Å². The minimum Gasteiger partial charge on any atom is -0.326 e. The Kier molecular flexibility index (Phi) is 2.65. The maximum absolute atomic E-state index is 11.4. The van der Waals surface area contributed by atoms with Crippen molar-refractivity contribution in [1.82, 2.24) is 4.57 Å². The molecule has 0 spiro atoms. The molecule has 3 nitrogen and oxygen atoms in total. The van der Waals surface area contributed by atoms with Crippen LogP contribution in [0.15, 0.2) is 17.1 Å². The standard InChI is InChI=1S/C9H14N2O/c1-3-7-4-8(5-10)9(12)11(2)6-7/h4,6H,3,5,10H2,1-2H3. The summed E-state index contributed by atoms with van der Waals surface area (Å²) in [5.74, 6) is 0. The van der Waals surface area contributed by atoms with Gasteiger partial charge in [-0.15, -0.1) is 0 Å². The number of nitrogens with two attached hydrogens (primary N) is 1. The fourth-order valence-corrected chi connectivity index (χ4v) is 1.20. The lowest BCUT2D eigenvalue weighted by Gasteiger charge is -2.04. The Hall–Kier alpha value is -1.09. The van der Waals surface area contributed by atoms with Gasteiger partial charge in [0, 0.05) is 25.4 Å². The van der Waals surface area contributed by atoms with E-state index in [0.29, 0.717) is 12.1 Å². The van der Waals surface area contributed by atoms with E-state index in [1.54, 1.807) is 11.6 Å². The summed E-state index contributed by atoms with van der Waals surface area (Å²) in [5, 5.41) is 0. The SMILES string of the molecule is CCc1cc(CN)c(=O)n(C)c1. The fraction of sp³-hybridized carbons (Fsp3) is 0.444. The topological polar surface area (TPSA) is 48.0 Å². The number of nitrogens with zero attached hydrogens (tertiary/aromatic N) is 1. The van der Waals surface area contributed by atoms with Crippen LogP contribution in [-0.2, 0) is 20.0 Å². The number of aromatic nitrogens is 1. The third-order valence-corrected chi connectivity index (χ3v) is 1.94. The number of hydrogen-bond acceptors (Lipinski definition) is 2. The molecule has 1 heterocycles. The number of aryl methyl sites for hydroxylation is 2. The van der Waals surface area contributed by atoms with Gasteiger partial charge in [0.05, 0.1) is 0 Å². The third-order valence-electron chi connectivity index (χ3n) is 1.94. The molecule has 0 saturated carbocycles. The normalized spacial score (nSPS) is 10.2. The second kappa shape index (κ2) is 3.54. The molecule has 0 aliphatic heterocycles. The molecule has 0 unspecified atom stereocenters. The van der Waals surface area contributed by atoms with Crippen molar-refractivity contribution in [2.75, 3.05) is 0 Å². The zero-order valence-corrected chi connectivity index (χ0v) is 7.50. The Morgan fingerprint density at radius 3 is 2.75 bits per heavy atom. The van der Waals surface area contributed by atoms with Crippen LogP contribution in [0.5, 0.6) is 0 Å². The highest BCUT2D eigenvalue weighted by Crippen LogP contribution is 1.99. The third kappa shape index (κ3) is 1.56. The molecule has 66 valence electrons. The first-order valence-electron chi connectivity index (χ1n) is 4.07. The summed E-state index contributed by atoms with van der Waals surface area (Å²) >= 11 is 0. The fourth-order valence-electron chi connectivity index (χ4n) is 1.20. The van der Waals surface area contributed by atoms with E-state index in [1.165, 1.54) is 0 Å². The summed E-state index contributed by atoms with van der Waals surface area (Å²) < 4.78 is 1.58. The van der Waals surface area contributed by atoms with Gasteiger partial charge in [0.1, 0.15) is 0 Å². The lowest BCUT2D eigenvalue weighted by atomic mass is 10.1. The molecule has 1 rings (SSSR count). The van der Waals surface area contributed by atoms with Crippen molar-refractivity contribution in [3.63, 3.8) is 0 Å². The lowest BCUT2D eigenvalue weighted by Crippen LogP contribution is -2.23. The summed E-state index contributed by atoms with van der Waals surface area (Å²) in [6.45, 7) is 2.38. The summed E-state index contributed by atoms with van der Waals surface area (Å²) in [6.07, 6.45) is 2.78. The molecule has 0 bridgehead atoms. The first-order chi connectivity index (χ1) is 5.69.